The van der Waals surface area contributed by atoms with Crippen molar-refractivity contribution in [3.8, 4) is 0 Å². The highest BCUT2D eigenvalue weighted by Gasteiger charge is 2.26. The number of thiazole rings is 1. The van der Waals surface area contributed by atoms with Crippen LogP contribution in [0.4, 0.5) is 5.13 Å². The third-order valence-electron chi connectivity index (χ3n) is 4.58. The van der Waals surface area contributed by atoms with Gasteiger partial charge in [-0.2, -0.15) is 0 Å². The predicted octanol–water partition coefficient (Wildman–Crippen LogP) is 0.560. The minimum Gasteiger partial charge on any atom is -0.343 e. The molecule has 0 radical (unpaired) electrons. The van der Waals surface area contributed by atoms with Crippen LogP contribution in [0.2, 0.25) is 0 Å². The zero-order valence-electron chi connectivity index (χ0n) is 14.5. The number of anilines is 1. The van der Waals surface area contributed by atoms with Gasteiger partial charge in [0.05, 0.1) is 5.69 Å². The second kappa shape index (κ2) is 6.52. The zero-order chi connectivity index (χ0) is 17.4. The van der Waals surface area contributed by atoms with Gasteiger partial charge in [0.1, 0.15) is 0 Å². The van der Waals surface area contributed by atoms with Crippen molar-refractivity contribution in [2.75, 3.05) is 24.5 Å². The Morgan fingerprint density at radius 1 is 1.25 bits per heavy atom. The van der Waals surface area contributed by atoms with Gasteiger partial charge < -0.3 is 4.90 Å². The van der Waals surface area contributed by atoms with E-state index in [0.29, 0.717) is 12.6 Å². The van der Waals surface area contributed by atoms with Crippen LogP contribution in [0.5, 0.6) is 0 Å². The van der Waals surface area contributed by atoms with E-state index in [4.69, 9.17) is 0 Å². The molecule has 2 aromatic rings. The lowest BCUT2D eigenvalue weighted by molar-refractivity contribution is 0.215. The number of aryl methyl sites for hydroxylation is 1. The van der Waals surface area contributed by atoms with E-state index in [1.54, 1.807) is 29.0 Å². The first kappa shape index (κ1) is 16.9. The Kier molecular flexibility index (Phi) is 4.60. The Labute approximate surface area is 144 Å². The van der Waals surface area contributed by atoms with Gasteiger partial charge in [-0.05, 0) is 13.8 Å². The summed E-state index contributed by atoms with van der Waals surface area (Å²) in [5, 5.41) is 3.14. The Bertz CT molecular complexity index is 853. The number of rotatable bonds is 3. The van der Waals surface area contributed by atoms with E-state index in [2.05, 4.69) is 27.1 Å². The van der Waals surface area contributed by atoms with E-state index < -0.39 is 0 Å². The van der Waals surface area contributed by atoms with E-state index in [1.165, 1.54) is 7.05 Å². The lowest BCUT2D eigenvalue weighted by Gasteiger charge is -2.39. The van der Waals surface area contributed by atoms with Gasteiger partial charge in [-0.1, -0.05) is 0 Å². The molecule has 0 N–H and O–H groups in total. The van der Waals surface area contributed by atoms with E-state index in [1.807, 2.05) is 6.92 Å². The Hall–Kier alpha value is -1.93. The molecule has 7 nitrogen and oxygen atoms in total. The normalized spacial score (nSPS) is 19.0. The largest absolute Gasteiger partial charge is 0.343 e. The van der Waals surface area contributed by atoms with Gasteiger partial charge in [0.15, 0.2) is 5.13 Å². The third-order valence-corrected chi connectivity index (χ3v) is 5.57. The van der Waals surface area contributed by atoms with E-state index in [0.717, 1.165) is 40.7 Å². The maximum atomic E-state index is 12.0. The van der Waals surface area contributed by atoms with E-state index in [9.17, 15) is 9.59 Å². The molecule has 130 valence electrons. The van der Waals surface area contributed by atoms with Crippen molar-refractivity contribution in [3.63, 3.8) is 0 Å². The van der Waals surface area contributed by atoms with Crippen LogP contribution in [0.3, 0.4) is 0 Å². The number of piperazine rings is 1. The Morgan fingerprint density at radius 2 is 2.00 bits per heavy atom. The number of aromatic nitrogens is 3. The van der Waals surface area contributed by atoms with Gasteiger partial charge in [-0.15, -0.1) is 11.3 Å². The van der Waals surface area contributed by atoms with Crippen LogP contribution in [-0.4, -0.2) is 44.7 Å². The van der Waals surface area contributed by atoms with Crippen LogP contribution in [0.15, 0.2) is 21.0 Å². The summed E-state index contributed by atoms with van der Waals surface area (Å²) in [5.41, 5.74) is 1.29. The molecule has 0 aliphatic carbocycles. The van der Waals surface area contributed by atoms with Crippen LogP contribution in [0, 0.1) is 6.92 Å². The molecular formula is C16H23N5O2S. The average Bonchev–Trinajstić information content (AvgIpc) is 2.97. The molecule has 0 saturated carbocycles. The van der Waals surface area contributed by atoms with Crippen LogP contribution in [-0.2, 0) is 20.6 Å². The molecule has 8 heteroatoms. The highest BCUT2D eigenvalue weighted by Crippen LogP contribution is 2.24. The van der Waals surface area contributed by atoms with Gasteiger partial charge in [0.25, 0.3) is 5.56 Å². The molecule has 1 unspecified atom stereocenters. The Morgan fingerprint density at radius 3 is 2.62 bits per heavy atom. The summed E-state index contributed by atoms with van der Waals surface area (Å²) < 4.78 is 2.69. The number of hydrogen-bond donors (Lipinski definition) is 0. The monoisotopic (exact) mass is 349 g/mol. The maximum Gasteiger partial charge on any atom is 0.330 e. The zero-order valence-corrected chi connectivity index (χ0v) is 15.3. The minimum absolute atomic E-state index is 0.252. The van der Waals surface area contributed by atoms with Crippen LogP contribution < -0.4 is 16.1 Å². The highest BCUT2D eigenvalue weighted by atomic mass is 32.1. The summed E-state index contributed by atoms with van der Waals surface area (Å²) >= 11 is 1.68. The molecule has 1 atom stereocenters. The smallest absolute Gasteiger partial charge is 0.330 e. The van der Waals surface area contributed by atoms with Crippen molar-refractivity contribution < 1.29 is 0 Å². The lowest BCUT2D eigenvalue weighted by atomic mass is 10.2. The van der Waals surface area contributed by atoms with Gasteiger partial charge >= 0.3 is 5.69 Å². The fraction of sp³-hybridized carbons (Fsp3) is 0.562. The topological polar surface area (TPSA) is 63.4 Å². The summed E-state index contributed by atoms with van der Waals surface area (Å²) in [6, 6.07) is 1.90. The van der Waals surface area contributed by atoms with Crippen molar-refractivity contribution in [1.82, 2.24) is 19.0 Å². The maximum absolute atomic E-state index is 12.0. The molecule has 0 amide bonds. The molecule has 0 bridgehead atoms. The van der Waals surface area contributed by atoms with Gasteiger partial charge in [-0.3, -0.25) is 18.8 Å². The van der Waals surface area contributed by atoms with Crippen molar-refractivity contribution in [3.05, 3.63) is 43.7 Å². The first-order valence-electron chi connectivity index (χ1n) is 8.04. The summed E-state index contributed by atoms with van der Waals surface area (Å²) in [4.78, 5) is 33.1. The molecular weight excluding hydrogens is 326 g/mol. The molecule has 3 heterocycles. The summed E-state index contributed by atoms with van der Waals surface area (Å²) in [5.74, 6) is 0. The van der Waals surface area contributed by atoms with Crippen LogP contribution >= 0.6 is 11.3 Å². The lowest BCUT2D eigenvalue weighted by Crippen LogP contribution is -2.52. The van der Waals surface area contributed by atoms with E-state index >= 15 is 0 Å². The summed E-state index contributed by atoms with van der Waals surface area (Å²) in [7, 11) is 3.22. The number of hydrogen-bond acceptors (Lipinski definition) is 6. The first-order chi connectivity index (χ1) is 11.4. The van der Waals surface area contributed by atoms with Crippen molar-refractivity contribution in [2.45, 2.75) is 26.4 Å². The fourth-order valence-electron chi connectivity index (χ4n) is 3.09. The van der Waals surface area contributed by atoms with Crippen molar-refractivity contribution in [1.29, 1.82) is 0 Å². The molecule has 1 fully saturated rings. The van der Waals surface area contributed by atoms with Crippen LogP contribution in [0.25, 0.3) is 0 Å². The molecule has 3 rings (SSSR count). The average molecular weight is 349 g/mol. The molecule has 24 heavy (non-hydrogen) atoms. The first-order valence-corrected chi connectivity index (χ1v) is 8.92. The second-order valence-electron chi connectivity index (χ2n) is 6.42. The third kappa shape index (κ3) is 3.16. The summed E-state index contributed by atoms with van der Waals surface area (Å²) in [6.07, 6.45) is 0. The fourth-order valence-corrected chi connectivity index (χ4v) is 4.03. The molecule has 1 aliphatic heterocycles. The molecule has 2 aromatic heterocycles. The SMILES string of the molecule is Cc1csc(N2CCN(Cc3cc(=O)n(C)c(=O)n3C)CC2C)n1. The molecule has 0 spiro atoms. The minimum atomic E-state index is -0.276. The molecule has 1 aliphatic rings. The van der Waals surface area contributed by atoms with Crippen LogP contribution in [0.1, 0.15) is 18.3 Å². The second-order valence-corrected chi connectivity index (χ2v) is 7.26. The quantitative estimate of drug-likeness (QED) is 0.810. The van der Waals surface area contributed by atoms with Gasteiger partial charge in [0.2, 0.25) is 0 Å². The van der Waals surface area contributed by atoms with Crippen molar-refractivity contribution in [2.24, 2.45) is 14.1 Å². The van der Waals surface area contributed by atoms with Gasteiger partial charge in [-0.25, -0.2) is 9.78 Å². The molecule has 1 saturated heterocycles. The number of nitrogens with zero attached hydrogens (tertiary/aromatic N) is 5. The van der Waals surface area contributed by atoms with E-state index in [-0.39, 0.29) is 11.2 Å². The van der Waals surface area contributed by atoms with Gasteiger partial charge in [0, 0.05) is 63.5 Å². The Balaban J connectivity index is 1.73. The predicted molar refractivity (Wildman–Crippen MR) is 95.9 cm³/mol. The highest BCUT2D eigenvalue weighted by molar-refractivity contribution is 7.13. The van der Waals surface area contributed by atoms with Crippen molar-refractivity contribution >= 4 is 16.5 Å². The summed E-state index contributed by atoms with van der Waals surface area (Å²) in [6.45, 7) is 7.46. The molecule has 0 aromatic carbocycles. The standard InChI is InChI=1S/C16H23N5O2S/c1-11-10-24-15(17-11)21-6-5-20(8-12(21)2)9-13-7-14(22)19(4)16(23)18(13)3/h7,10,12H,5-6,8-9H2,1-4H3.